The van der Waals surface area contributed by atoms with Crippen LogP contribution >= 0.6 is 0 Å². The number of nitro groups is 1. The molecule has 0 aliphatic carbocycles. The van der Waals surface area contributed by atoms with Crippen molar-refractivity contribution in [2.24, 2.45) is 0 Å². The highest BCUT2D eigenvalue weighted by Crippen LogP contribution is 2.12. The molecule has 0 aromatic carbocycles. The van der Waals surface area contributed by atoms with Gasteiger partial charge in [-0.3, -0.25) is 14.2 Å². The maximum absolute atomic E-state index is 12.0. The molecule has 0 radical (unpaired) electrons. The lowest BCUT2D eigenvalue weighted by Crippen LogP contribution is -2.18. The first kappa shape index (κ1) is 17.3. The highest BCUT2D eigenvalue weighted by molar-refractivity contribution is 5.90. The summed E-state index contributed by atoms with van der Waals surface area (Å²) < 4.78 is 4.82. The number of hydrogen-bond donors (Lipinski definition) is 1. The Morgan fingerprint density at radius 2 is 2.12 bits per heavy atom. The molecular formula is C15H18N8O3. The Balaban J connectivity index is 1.59. The van der Waals surface area contributed by atoms with Crippen LogP contribution in [0.5, 0.6) is 0 Å². The van der Waals surface area contributed by atoms with Gasteiger partial charge >= 0.3 is 5.82 Å². The molecule has 3 heterocycles. The minimum Gasteiger partial charge on any atom is -0.358 e. The molecule has 0 unspecified atom stereocenters. The first-order valence-electron chi connectivity index (χ1n) is 7.97. The molecule has 1 N–H and O–H groups in total. The lowest BCUT2D eigenvalue weighted by atomic mass is 10.2. The van der Waals surface area contributed by atoms with Gasteiger partial charge in [-0.1, -0.05) is 0 Å². The third kappa shape index (κ3) is 3.77. The second-order valence-electron chi connectivity index (χ2n) is 5.67. The van der Waals surface area contributed by atoms with Crippen LogP contribution in [0, 0.1) is 17.0 Å². The van der Waals surface area contributed by atoms with Gasteiger partial charge in [-0.2, -0.15) is 14.9 Å². The number of hydrogen-bond acceptors (Lipinski definition) is 6. The second kappa shape index (κ2) is 7.17. The van der Waals surface area contributed by atoms with E-state index in [-0.39, 0.29) is 18.3 Å². The Kier molecular flexibility index (Phi) is 4.78. The third-order valence-corrected chi connectivity index (χ3v) is 3.87. The molecule has 3 rings (SSSR count). The van der Waals surface area contributed by atoms with Crippen LogP contribution in [0.2, 0.25) is 0 Å². The fourth-order valence-electron chi connectivity index (χ4n) is 2.53. The van der Waals surface area contributed by atoms with Crippen molar-refractivity contribution < 1.29 is 9.72 Å². The quantitative estimate of drug-likeness (QED) is 0.499. The van der Waals surface area contributed by atoms with Crippen molar-refractivity contribution in [2.75, 3.05) is 5.32 Å². The zero-order valence-electron chi connectivity index (χ0n) is 14.4. The fourth-order valence-corrected chi connectivity index (χ4v) is 2.53. The molecule has 0 bridgehead atoms. The van der Waals surface area contributed by atoms with Gasteiger partial charge in [0, 0.05) is 24.0 Å². The average molecular weight is 358 g/mol. The Labute approximate surface area is 148 Å². The van der Waals surface area contributed by atoms with Crippen LogP contribution in [-0.2, 0) is 24.4 Å². The van der Waals surface area contributed by atoms with Gasteiger partial charge in [-0.15, -0.1) is 0 Å². The number of amides is 1. The van der Waals surface area contributed by atoms with Crippen molar-refractivity contribution in [1.82, 2.24) is 29.3 Å². The predicted molar refractivity (Wildman–Crippen MR) is 91.5 cm³/mol. The van der Waals surface area contributed by atoms with E-state index in [0.717, 1.165) is 17.8 Å². The molecule has 0 saturated carbocycles. The zero-order valence-corrected chi connectivity index (χ0v) is 14.4. The Hall–Kier alpha value is -3.50. The van der Waals surface area contributed by atoms with E-state index in [9.17, 15) is 14.9 Å². The topological polar surface area (TPSA) is 126 Å². The van der Waals surface area contributed by atoms with E-state index in [1.54, 1.807) is 17.1 Å². The number of aromatic nitrogens is 6. The molecule has 11 nitrogen and oxygen atoms in total. The number of rotatable bonds is 7. The van der Waals surface area contributed by atoms with Crippen LogP contribution in [0.4, 0.5) is 11.5 Å². The molecule has 0 atom stereocenters. The average Bonchev–Trinajstić information content (AvgIpc) is 3.30. The van der Waals surface area contributed by atoms with Crippen molar-refractivity contribution >= 4 is 17.4 Å². The zero-order chi connectivity index (χ0) is 18.7. The lowest BCUT2D eigenvalue weighted by molar-refractivity contribution is -0.389. The number of carbonyl (C=O) groups is 1. The minimum atomic E-state index is -0.610. The molecule has 0 aliphatic rings. The van der Waals surface area contributed by atoms with Crippen LogP contribution in [0.3, 0.4) is 0 Å². The molecule has 0 saturated heterocycles. The van der Waals surface area contributed by atoms with Gasteiger partial charge in [0.2, 0.25) is 5.91 Å². The van der Waals surface area contributed by atoms with Gasteiger partial charge in [-0.25, -0.2) is 0 Å². The molecule has 3 aromatic rings. The van der Waals surface area contributed by atoms with Crippen molar-refractivity contribution in [2.45, 2.75) is 33.5 Å². The summed E-state index contributed by atoms with van der Waals surface area (Å²) >= 11 is 0. The van der Waals surface area contributed by atoms with E-state index < -0.39 is 4.92 Å². The first-order chi connectivity index (χ1) is 12.5. The fraction of sp³-hybridized carbons (Fsp3) is 0.333. The van der Waals surface area contributed by atoms with Crippen molar-refractivity contribution in [3.05, 3.63) is 52.2 Å². The highest BCUT2D eigenvalue weighted by atomic mass is 16.6. The van der Waals surface area contributed by atoms with Crippen molar-refractivity contribution in [3.8, 4) is 0 Å². The largest absolute Gasteiger partial charge is 0.389 e. The molecule has 0 fully saturated rings. The molecule has 3 aromatic heterocycles. The van der Waals surface area contributed by atoms with E-state index in [2.05, 4.69) is 20.6 Å². The number of nitrogens with zero attached hydrogens (tertiary/aromatic N) is 7. The van der Waals surface area contributed by atoms with Crippen LogP contribution in [0.1, 0.15) is 18.2 Å². The minimum absolute atomic E-state index is 0.124. The molecule has 0 spiro atoms. The molecule has 0 aliphatic heterocycles. The summed E-state index contributed by atoms with van der Waals surface area (Å²) in [6, 6.07) is 1.24. The van der Waals surface area contributed by atoms with Gasteiger partial charge in [0.05, 0.1) is 42.0 Å². The highest BCUT2D eigenvalue weighted by Gasteiger charge is 2.14. The Morgan fingerprint density at radius 3 is 2.77 bits per heavy atom. The van der Waals surface area contributed by atoms with Gasteiger partial charge in [0.1, 0.15) is 6.54 Å². The summed E-state index contributed by atoms with van der Waals surface area (Å²) in [5.74, 6) is -0.647. The van der Waals surface area contributed by atoms with E-state index in [1.165, 1.54) is 16.9 Å². The van der Waals surface area contributed by atoms with Gasteiger partial charge in [-0.05, 0) is 18.8 Å². The maximum atomic E-state index is 12.0. The summed E-state index contributed by atoms with van der Waals surface area (Å²) in [7, 11) is 0. The second-order valence-corrected chi connectivity index (χ2v) is 5.67. The number of nitrogens with one attached hydrogen (secondary N) is 1. The van der Waals surface area contributed by atoms with Crippen molar-refractivity contribution in [1.29, 1.82) is 0 Å². The van der Waals surface area contributed by atoms with Crippen LogP contribution < -0.4 is 5.32 Å². The van der Waals surface area contributed by atoms with Crippen LogP contribution in [-0.4, -0.2) is 40.2 Å². The van der Waals surface area contributed by atoms with E-state index in [0.29, 0.717) is 12.2 Å². The summed E-state index contributed by atoms with van der Waals surface area (Å²) in [6.45, 7) is 5.26. The van der Waals surface area contributed by atoms with Gasteiger partial charge in [0.25, 0.3) is 0 Å². The Morgan fingerprint density at radius 1 is 1.31 bits per heavy atom. The van der Waals surface area contributed by atoms with Gasteiger partial charge < -0.3 is 15.4 Å². The van der Waals surface area contributed by atoms with E-state index in [1.807, 2.05) is 24.7 Å². The molecule has 26 heavy (non-hydrogen) atoms. The third-order valence-electron chi connectivity index (χ3n) is 3.87. The van der Waals surface area contributed by atoms with Crippen LogP contribution in [0.25, 0.3) is 0 Å². The monoisotopic (exact) mass is 358 g/mol. The first-order valence-corrected chi connectivity index (χ1v) is 7.97. The summed E-state index contributed by atoms with van der Waals surface area (Å²) in [5, 5.41) is 25.5. The molecule has 136 valence electrons. The number of anilines is 1. The normalized spacial score (nSPS) is 10.8. The number of aryl methyl sites for hydroxylation is 1. The van der Waals surface area contributed by atoms with Crippen LogP contribution in [0.15, 0.2) is 30.9 Å². The van der Waals surface area contributed by atoms with Crippen molar-refractivity contribution in [3.63, 3.8) is 0 Å². The van der Waals surface area contributed by atoms with Gasteiger partial charge in [0.15, 0.2) is 0 Å². The molecular weight excluding hydrogens is 340 g/mol. The Bertz CT molecular complexity index is 938. The lowest BCUT2D eigenvalue weighted by Gasteiger charge is -2.03. The molecule has 1 amide bonds. The standard InChI is InChI=1S/C15H18N8O3/c1-3-22-11(2)12(6-17-22)8-21-9-13(7-16-21)18-15(24)10-20-5-4-14(19-20)23(25)26/h4-7,9H,3,8,10H2,1-2H3,(H,18,24). The number of carbonyl (C=O) groups excluding carboxylic acids is 1. The smallest absolute Gasteiger partial charge is 0.358 e. The SMILES string of the molecule is CCn1ncc(Cn2cc(NC(=O)Cn3ccc([N+](=O)[O-])n3)cn2)c1C. The summed E-state index contributed by atoms with van der Waals surface area (Å²) in [6.07, 6.45) is 6.45. The van der Waals surface area contributed by atoms with E-state index in [4.69, 9.17) is 0 Å². The maximum Gasteiger partial charge on any atom is 0.389 e. The molecule has 11 heteroatoms. The predicted octanol–water partition coefficient (Wildman–Crippen LogP) is 1.20. The summed E-state index contributed by atoms with van der Waals surface area (Å²) in [5.41, 5.74) is 2.67. The summed E-state index contributed by atoms with van der Waals surface area (Å²) in [4.78, 5) is 22.0. The van der Waals surface area contributed by atoms with E-state index >= 15 is 0 Å².